The second-order valence-corrected chi connectivity index (χ2v) is 3.73. The minimum atomic E-state index is -0.474. The van der Waals surface area contributed by atoms with Gasteiger partial charge in [-0.25, -0.2) is 8.78 Å². The first-order valence-electron chi connectivity index (χ1n) is 4.92. The van der Waals surface area contributed by atoms with Crippen molar-refractivity contribution < 1.29 is 8.78 Å². The molecule has 1 saturated heterocycles. The molecular weight excluding hydrogens is 184 g/mol. The highest BCUT2D eigenvalue weighted by molar-refractivity contribution is 5.22. The third-order valence-corrected chi connectivity index (χ3v) is 2.70. The van der Waals surface area contributed by atoms with Crippen LogP contribution in [0, 0.1) is 11.6 Å². The van der Waals surface area contributed by atoms with Crippen LogP contribution in [0.4, 0.5) is 8.78 Å². The Labute approximate surface area is 82.1 Å². The molecule has 0 saturated carbocycles. The van der Waals surface area contributed by atoms with Gasteiger partial charge in [-0.2, -0.15) is 0 Å². The van der Waals surface area contributed by atoms with Crippen LogP contribution in [-0.2, 0) is 0 Å². The molecule has 0 unspecified atom stereocenters. The van der Waals surface area contributed by atoms with E-state index in [1.807, 2.05) is 0 Å². The topological polar surface area (TPSA) is 12.0 Å². The molecular formula is C11H13F2N. The number of piperidine rings is 1. The fourth-order valence-corrected chi connectivity index (χ4v) is 1.97. The van der Waals surface area contributed by atoms with Crippen molar-refractivity contribution in [1.82, 2.24) is 5.32 Å². The van der Waals surface area contributed by atoms with Crippen molar-refractivity contribution in [2.75, 3.05) is 13.1 Å². The molecule has 1 fully saturated rings. The zero-order valence-corrected chi connectivity index (χ0v) is 7.89. The molecule has 0 aliphatic carbocycles. The molecule has 1 aromatic carbocycles. The van der Waals surface area contributed by atoms with Gasteiger partial charge in [0.25, 0.3) is 0 Å². The lowest BCUT2D eigenvalue weighted by molar-refractivity contribution is 0.455. The van der Waals surface area contributed by atoms with Crippen molar-refractivity contribution in [2.45, 2.75) is 18.8 Å². The van der Waals surface area contributed by atoms with Gasteiger partial charge in [-0.05, 0) is 49.5 Å². The molecule has 0 radical (unpaired) electrons. The molecule has 0 atom stereocenters. The number of rotatable bonds is 1. The second kappa shape index (κ2) is 4.05. The first-order chi connectivity index (χ1) is 6.75. The normalized spacial score (nSPS) is 18.4. The third kappa shape index (κ3) is 2.10. The molecule has 1 N–H and O–H groups in total. The van der Waals surface area contributed by atoms with E-state index in [1.54, 1.807) is 0 Å². The molecule has 0 amide bonds. The van der Waals surface area contributed by atoms with Crippen molar-refractivity contribution in [2.24, 2.45) is 0 Å². The largest absolute Gasteiger partial charge is 0.317 e. The highest BCUT2D eigenvalue weighted by Gasteiger charge is 2.16. The Morgan fingerprint density at radius 2 is 1.57 bits per heavy atom. The summed E-state index contributed by atoms with van der Waals surface area (Å²) in [5.41, 5.74) is 0.795. The van der Waals surface area contributed by atoms with Gasteiger partial charge in [-0.15, -0.1) is 0 Å². The number of halogens is 2. The van der Waals surface area contributed by atoms with Crippen LogP contribution in [0.1, 0.15) is 24.3 Å². The Morgan fingerprint density at radius 1 is 1.00 bits per heavy atom. The maximum atomic E-state index is 12.9. The summed E-state index contributed by atoms with van der Waals surface area (Å²) in [7, 11) is 0. The van der Waals surface area contributed by atoms with E-state index >= 15 is 0 Å². The quantitative estimate of drug-likeness (QED) is 0.729. The Kier molecular flexibility index (Phi) is 2.77. The van der Waals surface area contributed by atoms with Gasteiger partial charge < -0.3 is 5.32 Å². The maximum absolute atomic E-state index is 12.9. The van der Waals surface area contributed by atoms with Crippen molar-refractivity contribution >= 4 is 0 Å². The van der Waals surface area contributed by atoms with E-state index < -0.39 is 11.6 Å². The van der Waals surface area contributed by atoms with Gasteiger partial charge >= 0.3 is 0 Å². The van der Waals surface area contributed by atoms with Crippen molar-refractivity contribution in [3.05, 3.63) is 35.4 Å². The minimum absolute atomic E-state index is 0.307. The predicted molar refractivity (Wildman–Crippen MR) is 51.2 cm³/mol. The summed E-state index contributed by atoms with van der Waals surface area (Å²) in [4.78, 5) is 0. The van der Waals surface area contributed by atoms with Crippen LogP contribution in [0.25, 0.3) is 0 Å². The van der Waals surface area contributed by atoms with Crippen molar-refractivity contribution in [3.8, 4) is 0 Å². The SMILES string of the molecule is Fc1cc(F)cc(C2CCNCC2)c1. The number of hydrogen-bond donors (Lipinski definition) is 1. The Bertz CT molecular complexity index is 299. The lowest BCUT2D eigenvalue weighted by Gasteiger charge is -2.22. The standard InChI is InChI=1S/C11H13F2N/c12-10-5-9(6-11(13)7-10)8-1-3-14-4-2-8/h5-8,14H,1-4H2. The summed E-state index contributed by atoms with van der Waals surface area (Å²) < 4.78 is 25.9. The van der Waals surface area contributed by atoms with Crippen LogP contribution in [0.15, 0.2) is 18.2 Å². The molecule has 1 aliphatic rings. The van der Waals surface area contributed by atoms with Crippen LogP contribution < -0.4 is 5.32 Å². The van der Waals surface area contributed by atoms with Crippen LogP contribution in [-0.4, -0.2) is 13.1 Å². The first-order valence-corrected chi connectivity index (χ1v) is 4.92. The number of hydrogen-bond acceptors (Lipinski definition) is 1. The molecule has 0 aromatic heterocycles. The molecule has 0 spiro atoms. The van der Waals surface area contributed by atoms with Gasteiger partial charge in [0.15, 0.2) is 0 Å². The highest BCUT2D eigenvalue weighted by Crippen LogP contribution is 2.26. The van der Waals surface area contributed by atoms with Crippen LogP contribution >= 0.6 is 0 Å². The van der Waals surface area contributed by atoms with Gasteiger partial charge in [-0.1, -0.05) is 0 Å². The molecule has 14 heavy (non-hydrogen) atoms. The summed E-state index contributed by atoms with van der Waals surface area (Å²) >= 11 is 0. The van der Waals surface area contributed by atoms with Crippen molar-refractivity contribution in [3.63, 3.8) is 0 Å². The summed E-state index contributed by atoms with van der Waals surface area (Å²) in [6, 6.07) is 3.81. The van der Waals surface area contributed by atoms with Gasteiger partial charge in [0.05, 0.1) is 0 Å². The van der Waals surface area contributed by atoms with Crippen molar-refractivity contribution in [1.29, 1.82) is 0 Å². The molecule has 76 valence electrons. The van der Waals surface area contributed by atoms with E-state index in [-0.39, 0.29) is 0 Å². The molecule has 1 heterocycles. The minimum Gasteiger partial charge on any atom is -0.317 e. The average Bonchev–Trinajstić information content (AvgIpc) is 2.18. The van der Waals surface area contributed by atoms with E-state index in [1.165, 1.54) is 12.1 Å². The first kappa shape index (κ1) is 9.59. The molecule has 0 bridgehead atoms. The fraction of sp³-hybridized carbons (Fsp3) is 0.455. The number of benzene rings is 1. The van der Waals surface area contributed by atoms with Gasteiger partial charge in [0, 0.05) is 6.07 Å². The summed E-state index contributed by atoms with van der Waals surface area (Å²) in [5.74, 6) is -0.640. The molecule has 1 aromatic rings. The van der Waals surface area contributed by atoms with E-state index in [4.69, 9.17) is 0 Å². The Balaban J connectivity index is 2.21. The summed E-state index contributed by atoms with van der Waals surface area (Å²) in [6.07, 6.45) is 1.92. The zero-order valence-electron chi connectivity index (χ0n) is 7.89. The van der Waals surface area contributed by atoms with Gasteiger partial charge in [0.2, 0.25) is 0 Å². The summed E-state index contributed by atoms with van der Waals surface area (Å²) in [6.45, 7) is 1.87. The van der Waals surface area contributed by atoms with Crippen LogP contribution in [0.5, 0.6) is 0 Å². The lowest BCUT2D eigenvalue weighted by atomic mass is 9.90. The maximum Gasteiger partial charge on any atom is 0.126 e. The zero-order chi connectivity index (χ0) is 9.97. The van der Waals surface area contributed by atoms with E-state index in [9.17, 15) is 8.78 Å². The second-order valence-electron chi connectivity index (χ2n) is 3.73. The smallest absolute Gasteiger partial charge is 0.126 e. The predicted octanol–water partition coefficient (Wildman–Crippen LogP) is 2.43. The van der Waals surface area contributed by atoms with Gasteiger partial charge in [-0.3, -0.25) is 0 Å². The van der Waals surface area contributed by atoms with Gasteiger partial charge in [0.1, 0.15) is 11.6 Å². The number of nitrogens with one attached hydrogen (secondary N) is 1. The van der Waals surface area contributed by atoms with E-state index in [0.29, 0.717) is 5.92 Å². The van der Waals surface area contributed by atoms with E-state index in [2.05, 4.69) is 5.32 Å². The molecule has 1 nitrogen and oxygen atoms in total. The lowest BCUT2D eigenvalue weighted by Crippen LogP contribution is -2.26. The summed E-state index contributed by atoms with van der Waals surface area (Å²) in [5, 5.41) is 3.23. The van der Waals surface area contributed by atoms with Crippen LogP contribution in [0.3, 0.4) is 0 Å². The third-order valence-electron chi connectivity index (χ3n) is 2.70. The molecule has 1 aliphatic heterocycles. The average molecular weight is 197 g/mol. The molecule has 2 rings (SSSR count). The fourth-order valence-electron chi connectivity index (χ4n) is 1.97. The molecule has 3 heteroatoms. The van der Waals surface area contributed by atoms with E-state index in [0.717, 1.165) is 37.6 Å². The Hall–Kier alpha value is -0.960. The highest BCUT2D eigenvalue weighted by atomic mass is 19.1. The van der Waals surface area contributed by atoms with Crippen LogP contribution in [0.2, 0.25) is 0 Å². The monoisotopic (exact) mass is 197 g/mol. The Morgan fingerprint density at radius 3 is 2.14 bits per heavy atom.